The molecule has 0 rings (SSSR count). The Balaban J connectivity index is 3.17. The topological polar surface area (TPSA) is 44.6 Å². The molecule has 0 atom stereocenters. The molecule has 0 aliphatic rings. The predicted molar refractivity (Wildman–Crippen MR) is 32.4 cm³/mol. The quantitative estimate of drug-likeness (QED) is 0.277. The Morgan fingerprint density at radius 1 is 2.00 bits per heavy atom. The first kappa shape index (κ1) is 6.52. The van der Waals surface area contributed by atoms with Gasteiger partial charge in [0, 0.05) is 0 Å². The minimum atomic E-state index is -0.183. The van der Waals surface area contributed by atoms with E-state index >= 15 is 0 Å². The number of hydrogen-bond donors (Lipinski definition) is 2. The van der Waals surface area contributed by atoms with Crippen LogP contribution in [-0.4, -0.2) is 23.7 Å². The monoisotopic (exact) mass is 118 g/mol. The van der Waals surface area contributed by atoms with Crippen LogP contribution in [0.5, 0.6) is 0 Å². The van der Waals surface area contributed by atoms with Crippen LogP contribution >= 0.6 is 12.2 Å². The van der Waals surface area contributed by atoms with Crippen LogP contribution in [0.1, 0.15) is 0 Å². The van der Waals surface area contributed by atoms with Crippen molar-refractivity contribution in [3.05, 3.63) is 0 Å². The number of rotatable bonds is 1. The third-order valence-electron chi connectivity index (χ3n) is 0.374. The minimum absolute atomic E-state index is 0.183. The SMILES string of the molecule is C=NC(=S)NCO. The molecule has 0 aromatic heterocycles. The summed E-state index contributed by atoms with van der Waals surface area (Å²) in [6.07, 6.45) is 0. The lowest BCUT2D eigenvalue weighted by molar-refractivity contribution is 0.287. The Hall–Kier alpha value is -0.480. The highest BCUT2D eigenvalue weighted by Crippen LogP contribution is 1.66. The van der Waals surface area contributed by atoms with E-state index in [1.807, 2.05) is 0 Å². The molecule has 0 aliphatic carbocycles. The summed E-state index contributed by atoms with van der Waals surface area (Å²) in [5, 5.41) is 10.7. The average molecular weight is 118 g/mol. The van der Waals surface area contributed by atoms with E-state index in [-0.39, 0.29) is 11.8 Å². The van der Waals surface area contributed by atoms with Gasteiger partial charge in [-0.2, -0.15) is 0 Å². The first-order valence-corrected chi connectivity index (χ1v) is 2.07. The largest absolute Gasteiger partial charge is 0.377 e. The Labute approximate surface area is 47.1 Å². The van der Waals surface area contributed by atoms with Gasteiger partial charge in [-0.05, 0) is 18.9 Å². The van der Waals surface area contributed by atoms with Crippen LogP contribution in [0.2, 0.25) is 0 Å². The van der Waals surface area contributed by atoms with Crippen molar-refractivity contribution in [3.63, 3.8) is 0 Å². The maximum atomic E-state index is 8.08. The Morgan fingerprint density at radius 2 is 2.57 bits per heavy atom. The summed E-state index contributed by atoms with van der Waals surface area (Å²) in [6.45, 7) is 2.93. The Bertz CT molecular complexity index is 83.0. The molecule has 0 aromatic rings. The lowest BCUT2D eigenvalue weighted by Gasteiger charge is -1.92. The number of thiocarbonyl (C=S) groups is 1. The molecule has 0 saturated carbocycles. The summed E-state index contributed by atoms with van der Waals surface area (Å²) in [7, 11) is 0. The van der Waals surface area contributed by atoms with Crippen molar-refractivity contribution in [2.45, 2.75) is 0 Å². The zero-order valence-electron chi connectivity index (χ0n) is 3.72. The second-order valence-electron chi connectivity index (χ2n) is 0.798. The molecule has 7 heavy (non-hydrogen) atoms. The van der Waals surface area contributed by atoms with Gasteiger partial charge in [-0.3, -0.25) is 0 Å². The molecule has 0 unspecified atom stereocenters. The second kappa shape index (κ2) is 3.70. The molecule has 0 heterocycles. The summed E-state index contributed by atoms with van der Waals surface area (Å²) in [5.74, 6) is 0. The Kier molecular flexibility index (Phi) is 3.45. The van der Waals surface area contributed by atoms with Gasteiger partial charge in [0.2, 0.25) is 0 Å². The molecule has 0 saturated heterocycles. The lowest BCUT2D eigenvalue weighted by atomic mass is 11.0. The third-order valence-corrected chi connectivity index (χ3v) is 0.647. The number of nitrogens with one attached hydrogen (secondary N) is 1. The van der Waals surface area contributed by atoms with Crippen LogP contribution in [-0.2, 0) is 0 Å². The predicted octanol–water partition coefficient (Wildman–Crippen LogP) is -0.489. The van der Waals surface area contributed by atoms with Gasteiger partial charge in [-0.25, -0.2) is 4.99 Å². The van der Waals surface area contributed by atoms with Crippen LogP contribution in [0.25, 0.3) is 0 Å². The van der Waals surface area contributed by atoms with Crippen LogP contribution in [0.4, 0.5) is 0 Å². The van der Waals surface area contributed by atoms with E-state index in [1.54, 1.807) is 0 Å². The van der Waals surface area contributed by atoms with Gasteiger partial charge >= 0.3 is 0 Å². The van der Waals surface area contributed by atoms with Crippen molar-refractivity contribution in [1.82, 2.24) is 5.32 Å². The molecular formula is C3H6N2OS. The van der Waals surface area contributed by atoms with E-state index in [4.69, 9.17) is 5.11 Å². The van der Waals surface area contributed by atoms with Crippen LogP contribution in [0, 0.1) is 0 Å². The summed E-state index contributed by atoms with van der Waals surface area (Å²) >= 11 is 4.45. The molecule has 40 valence electrons. The number of aliphatic hydroxyl groups excluding tert-OH is 1. The normalized spacial score (nSPS) is 7.57. The standard InChI is InChI=1S/C3H6N2OS/c1-4-3(7)5-2-6/h6H,1-2H2,(H,5,7). The molecule has 0 amide bonds. The fraction of sp³-hybridized carbons (Fsp3) is 0.333. The molecule has 0 fully saturated rings. The zero-order chi connectivity index (χ0) is 5.70. The fourth-order valence-electron chi connectivity index (χ4n) is 0.124. The van der Waals surface area contributed by atoms with Gasteiger partial charge < -0.3 is 10.4 Å². The van der Waals surface area contributed by atoms with Crippen molar-refractivity contribution in [2.75, 3.05) is 6.73 Å². The molecule has 4 heteroatoms. The molecule has 0 aliphatic heterocycles. The molecule has 3 nitrogen and oxygen atoms in total. The molecule has 0 bridgehead atoms. The third kappa shape index (κ3) is 3.35. The van der Waals surface area contributed by atoms with Crippen LogP contribution in [0.15, 0.2) is 4.99 Å². The number of aliphatic imine (C=N–C) groups is 1. The van der Waals surface area contributed by atoms with E-state index in [2.05, 4.69) is 29.2 Å². The van der Waals surface area contributed by atoms with Crippen molar-refractivity contribution in [1.29, 1.82) is 0 Å². The molecule has 2 N–H and O–H groups in total. The van der Waals surface area contributed by atoms with Gasteiger partial charge in [-0.15, -0.1) is 0 Å². The number of nitrogens with zero attached hydrogens (tertiary/aromatic N) is 1. The lowest BCUT2D eigenvalue weighted by Crippen LogP contribution is -2.19. The highest BCUT2D eigenvalue weighted by Gasteiger charge is 1.80. The zero-order valence-corrected chi connectivity index (χ0v) is 4.53. The summed E-state index contributed by atoms with van der Waals surface area (Å²) in [5.41, 5.74) is 0. The van der Waals surface area contributed by atoms with E-state index in [9.17, 15) is 0 Å². The number of hydrogen-bond acceptors (Lipinski definition) is 2. The average Bonchev–Trinajstić information content (AvgIpc) is 1.68. The van der Waals surface area contributed by atoms with Crippen molar-refractivity contribution in [3.8, 4) is 0 Å². The van der Waals surface area contributed by atoms with E-state index in [0.717, 1.165) is 0 Å². The van der Waals surface area contributed by atoms with E-state index < -0.39 is 0 Å². The molecule has 0 aromatic carbocycles. The smallest absolute Gasteiger partial charge is 0.193 e. The van der Waals surface area contributed by atoms with Crippen molar-refractivity contribution >= 4 is 24.0 Å². The van der Waals surface area contributed by atoms with Gasteiger partial charge in [0.05, 0.1) is 0 Å². The molecular weight excluding hydrogens is 112 g/mol. The maximum absolute atomic E-state index is 8.08. The number of aliphatic hydroxyl groups is 1. The Morgan fingerprint density at radius 3 is 2.71 bits per heavy atom. The van der Waals surface area contributed by atoms with Gasteiger partial charge in [-0.1, -0.05) is 0 Å². The van der Waals surface area contributed by atoms with Gasteiger partial charge in [0.1, 0.15) is 6.73 Å². The van der Waals surface area contributed by atoms with E-state index in [1.165, 1.54) is 0 Å². The highest BCUT2D eigenvalue weighted by atomic mass is 32.1. The van der Waals surface area contributed by atoms with Gasteiger partial charge in [0.25, 0.3) is 0 Å². The highest BCUT2D eigenvalue weighted by molar-refractivity contribution is 7.80. The van der Waals surface area contributed by atoms with Crippen molar-refractivity contribution in [2.24, 2.45) is 4.99 Å². The summed E-state index contributed by atoms with van der Waals surface area (Å²) < 4.78 is 0. The first-order valence-electron chi connectivity index (χ1n) is 1.66. The van der Waals surface area contributed by atoms with E-state index in [0.29, 0.717) is 0 Å². The molecule has 0 radical (unpaired) electrons. The minimum Gasteiger partial charge on any atom is -0.377 e. The van der Waals surface area contributed by atoms with Crippen LogP contribution in [0.3, 0.4) is 0 Å². The fourth-order valence-corrected chi connectivity index (χ4v) is 0.188. The summed E-state index contributed by atoms with van der Waals surface area (Å²) in [4.78, 5) is 3.29. The maximum Gasteiger partial charge on any atom is 0.193 e. The second-order valence-corrected chi connectivity index (χ2v) is 1.18. The van der Waals surface area contributed by atoms with Gasteiger partial charge in [0.15, 0.2) is 5.11 Å². The summed E-state index contributed by atoms with van der Waals surface area (Å²) in [6, 6.07) is 0. The first-order chi connectivity index (χ1) is 3.31. The van der Waals surface area contributed by atoms with Crippen molar-refractivity contribution < 1.29 is 5.11 Å². The van der Waals surface area contributed by atoms with Crippen LogP contribution < -0.4 is 5.32 Å². The molecule has 0 spiro atoms.